The Morgan fingerprint density at radius 2 is 1.70 bits per heavy atom. The fourth-order valence-electron chi connectivity index (χ4n) is 6.24. The second-order valence-electron chi connectivity index (χ2n) is 10.7. The highest BCUT2D eigenvalue weighted by atomic mass is 16.5. The van der Waals surface area contributed by atoms with E-state index in [1.165, 1.54) is 37.7 Å². The number of ketones is 1. The smallest absolute Gasteiger partial charge is 0.255 e. The van der Waals surface area contributed by atoms with Crippen molar-refractivity contribution in [2.24, 2.45) is 11.8 Å². The highest BCUT2D eigenvalue weighted by Crippen LogP contribution is 2.37. The van der Waals surface area contributed by atoms with E-state index in [9.17, 15) is 9.59 Å². The fraction of sp³-hybridized carbons (Fsp3) is 0.394. The van der Waals surface area contributed by atoms with E-state index in [1.807, 2.05) is 36.4 Å². The van der Waals surface area contributed by atoms with Gasteiger partial charge in [0.2, 0.25) is 0 Å². The lowest BCUT2D eigenvalue weighted by Crippen LogP contribution is -2.24. The maximum atomic E-state index is 13.3. The number of benzene rings is 3. The molecule has 1 N–H and O–H groups in total. The molecule has 0 spiro atoms. The van der Waals surface area contributed by atoms with Crippen LogP contribution in [0.15, 0.2) is 72.8 Å². The van der Waals surface area contributed by atoms with Crippen LogP contribution in [0.2, 0.25) is 0 Å². The summed E-state index contributed by atoms with van der Waals surface area (Å²) in [6.45, 7) is 0. The predicted molar refractivity (Wildman–Crippen MR) is 149 cm³/mol. The number of amides is 1. The molecule has 2 aliphatic rings. The maximum Gasteiger partial charge on any atom is 0.255 e. The molecule has 2 aliphatic carbocycles. The van der Waals surface area contributed by atoms with Gasteiger partial charge in [-0.25, -0.2) is 0 Å². The van der Waals surface area contributed by atoms with E-state index in [2.05, 4.69) is 35.6 Å². The van der Waals surface area contributed by atoms with Crippen LogP contribution in [0.1, 0.15) is 89.1 Å². The van der Waals surface area contributed by atoms with Gasteiger partial charge in [0.15, 0.2) is 5.78 Å². The van der Waals surface area contributed by atoms with E-state index in [4.69, 9.17) is 4.74 Å². The summed E-state index contributed by atoms with van der Waals surface area (Å²) < 4.78 is 5.34. The molecule has 37 heavy (non-hydrogen) atoms. The average molecular weight is 496 g/mol. The van der Waals surface area contributed by atoms with Gasteiger partial charge in [-0.15, -0.1) is 0 Å². The number of hydrogen-bond donors (Lipinski definition) is 1. The predicted octanol–water partition coefficient (Wildman–Crippen LogP) is 7.84. The summed E-state index contributed by atoms with van der Waals surface area (Å²) in [5.41, 5.74) is 4.49. The molecule has 1 fully saturated rings. The van der Waals surface area contributed by atoms with Crippen LogP contribution < -0.4 is 10.1 Å². The highest BCUT2D eigenvalue weighted by Gasteiger charge is 2.29. The monoisotopic (exact) mass is 495 g/mol. The van der Waals surface area contributed by atoms with Gasteiger partial charge >= 0.3 is 0 Å². The van der Waals surface area contributed by atoms with E-state index in [-0.39, 0.29) is 17.6 Å². The Morgan fingerprint density at radius 3 is 2.54 bits per heavy atom. The van der Waals surface area contributed by atoms with E-state index in [1.54, 1.807) is 13.2 Å². The molecule has 0 bridgehead atoms. The van der Waals surface area contributed by atoms with E-state index in [0.717, 1.165) is 42.7 Å². The van der Waals surface area contributed by atoms with Gasteiger partial charge in [-0.2, -0.15) is 0 Å². The molecule has 5 rings (SSSR count). The molecule has 0 heterocycles. The first-order valence-corrected chi connectivity index (χ1v) is 13.8. The van der Waals surface area contributed by atoms with Crippen molar-refractivity contribution < 1.29 is 14.3 Å². The van der Waals surface area contributed by atoms with E-state index in [0.29, 0.717) is 22.9 Å². The first-order valence-electron chi connectivity index (χ1n) is 13.8. The van der Waals surface area contributed by atoms with Crippen LogP contribution >= 0.6 is 0 Å². The zero-order valence-electron chi connectivity index (χ0n) is 21.7. The zero-order chi connectivity index (χ0) is 25.6. The molecule has 3 atom stereocenters. The largest absolute Gasteiger partial charge is 0.495 e. The van der Waals surface area contributed by atoms with Crippen molar-refractivity contribution in [2.75, 3.05) is 12.4 Å². The minimum absolute atomic E-state index is 0.105. The number of carbonyl (C=O) groups is 2. The number of methoxy groups -OCH3 is 1. The third-order valence-corrected chi connectivity index (χ3v) is 8.40. The number of Topliss-reactive ketones (excluding diaryl/α,β-unsaturated/α-hetero) is 1. The van der Waals surface area contributed by atoms with E-state index < -0.39 is 0 Å². The Bertz CT molecular complexity index is 1240. The summed E-state index contributed by atoms with van der Waals surface area (Å²) >= 11 is 0. The van der Waals surface area contributed by atoms with Gasteiger partial charge in [0.1, 0.15) is 5.75 Å². The Labute approximate surface area is 220 Å². The lowest BCUT2D eigenvalue weighted by Gasteiger charge is -2.25. The Balaban J connectivity index is 1.17. The van der Waals surface area contributed by atoms with Gasteiger partial charge in [-0.3, -0.25) is 9.59 Å². The molecule has 4 nitrogen and oxygen atoms in total. The molecule has 3 unspecified atom stereocenters. The average Bonchev–Trinajstić information content (AvgIpc) is 3.19. The van der Waals surface area contributed by atoms with Gasteiger partial charge in [0.05, 0.1) is 12.8 Å². The summed E-state index contributed by atoms with van der Waals surface area (Å²) in [5, 5.41) is 2.93. The molecule has 3 aromatic carbocycles. The SMILES string of the molecule is COc1ccccc1NC(=O)c1ccc2c(c1)CCC(CCC1CCCC(c3ccccc3)CC1)C2=O. The number of rotatable bonds is 7. The summed E-state index contributed by atoms with van der Waals surface area (Å²) in [4.78, 5) is 26.2. The Morgan fingerprint density at radius 1 is 0.892 bits per heavy atom. The first-order chi connectivity index (χ1) is 18.1. The maximum absolute atomic E-state index is 13.3. The van der Waals surface area contributed by atoms with Crippen molar-refractivity contribution in [1.29, 1.82) is 0 Å². The molecule has 0 saturated heterocycles. The number of hydrogen-bond acceptors (Lipinski definition) is 3. The van der Waals surface area contributed by atoms with Gasteiger partial charge in [0.25, 0.3) is 5.91 Å². The second-order valence-corrected chi connectivity index (χ2v) is 10.7. The minimum atomic E-state index is -0.191. The second kappa shape index (κ2) is 11.8. The number of ether oxygens (including phenoxy) is 1. The normalized spacial score (nSPS) is 21.5. The van der Waals surface area contributed by atoms with Crippen molar-refractivity contribution >= 4 is 17.4 Å². The third-order valence-electron chi connectivity index (χ3n) is 8.40. The number of carbonyl (C=O) groups excluding carboxylic acids is 2. The Hall–Kier alpha value is -3.40. The lowest BCUT2D eigenvalue weighted by molar-refractivity contribution is 0.0887. The number of para-hydroxylation sites is 2. The number of aryl methyl sites for hydroxylation is 1. The quantitative estimate of drug-likeness (QED) is 0.340. The molecule has 0 aromatic heterocycles. The molecule has 3 aromatic rings. The Kier molecular flexibility index (Phi) is 8.03. The van der Waals surface area contributed by atoms with Gasteiger partial charge in [0, 0.05) is 17.0 Å². The highest BCUT2D eigenvalue weighted by molar-refractivity contribution is 6.07. The van der Waals surface area contributed by atoms with Crippen molar-refractivity contribution in [1.82, 2.24) is 0 Å². The van der Waals surface area contributed by atoms with Crippen LogP contribution in [-0.2, 0) is 6.42 Å². The third kappa shape index (κ3) is 5.95. The standard InChI is InChI=1S/C33H37NO3/c1-37-31-13-6-5-12-30(31)34-33(36)28-20-21-29-27(22-28)19-18-26(32(29)35)17-15-23-8-7-11-25(16-14-23)24-9-3-2-4-10-24/h2-6,9-10,12-13,20-23,25-26H,7-8,11,14-19H2,1H3,(H,34,36). The minimum Gasteiger partial charge on any atom is -0.495 e. The number of nitrogens with one attached hydrogen (secondary N) is 1. The molecule has 1 saturated carbocycles. The summed E-state index contributed by atoms with van der Waals surface area (Å²) in [6.07, 6.45) is 10.2. The van der Waals surface area contributed by atoms with Crippen LogP contribution in [-0.4, -0.2) is 18.8 Å². The first kappa shape index (κ1) is 25.3. The van der Waals surface area contributed by atoms with Gasteiger partial charge in [-0.05, 0) is 92.2 Å². The zero-order valence-corrected chi connectivity index (χ0v) is 21.7. The van der Waals surface area contributed by atoms with Crippen LogP contribution in [0, 0.1) is 11.8 Å². The van der Waals surface area contributed by atoms with Crippen LogP contribution in [0.4, 0.5) is 5.69 Å². The topological polar surface area (TPSA) is 55.4 Å². The molecule has 0 aliphatic heterocycles. The molecular formula is C33H37NO3. The van der Waals surface area contributed by atoms with Crippen LogP contribution in [0.5, 0.6) is 5.75 Å². The van der Waals surface area contributed by atoms with E-state index >= 15 is 0 Å². The summed E-state index contributed by atoms with van der Waals surface area (Å²) in [6, 6.07) is 23.8. The van der Waals surface area contributed by atoms with Gasteiger partial charge in [-0.1, -0.05) is 61.4 Å². The number of anilines is 1. The van der Waals surface area contributed by atoms with Gasteiger partial charge < -0.3 is 10.1 Å². The van der Waals surface area contributed by atoms with Crippen LogP contribution in [0.25, 0.3) is 0 Å². The summed E-state index contributed by atoms with van der Waals surface area (Å²) in [7, 11) is 1.59. The van der Waals surface area contributed by atoms with Crippen molar-refractivity contribution in [3.8, 4) is 5.75 Å². The van der Waals surface area contributed by atoms with Crippen molar-refractivity contribution in [3.63, 3.8) is 0 Å². The fourth-order valence-corrected chi connectivity index (χ4v) is 6.24. The molecular weight excluding hydrogens is 458 g/mol. The molecule has 192 valence electrons. The van der Waals surface area contributed by atoms with Crippen molar-refractivity contribution in [2.45, 2.75) is 63.7 Å². The summed E-state index contributed by atoms with van der Waals surface area (Å²) in [5.74, 6) is 2.20. The lowest BCUT2D eigenvalue weighted by atomic mass is 9.78. The number of fused-ring (bicyclic) bond motifs is 1. The molecule has 0 radical (unpaired) electrons. The van der Waals surface area contributed by atoms with Crippen LogP contribution in [0.3, 0.4) is 0 Å². The molecule has 1 amide bonds. The molecule has 4 heteroatoms. The van der Waals surface area contributed by atoms with Crippen molar-refractivity contribution in [3.05, 3.63) is 95.1 Å².